The van der Waals surface area contributed by atoms with Crippen molar-refractivity contribution in [3.63, 3.8) is 0 Å². The minimum Gasteiger partial charge on any atom is -0.691 e. The first kappa shape index (κ1) is 43.1. The highest BCUT2D eigenvalue weighted by molar-refractivity contribution is 7.94. The van der Waals surface area contributed by atoms with Crippen molar-refractivity contribution in [2.24, 2.45) is 0 Å². The van der Waals surface area contributed by atoms with Crippen LogP contribution in [0.15, 0.2) is 83.2 Å². The van der Waals surface area contributed by atoms with Crippen molar-refractivity contribution in [2.75, 3.05) is 30.8 Å². The van der Waals surface area contributed by atoms with Gasteiger partial charge in [0.05, 0.1) is 11.1 Å². The van der Waals surface area contributed by atoms with Gasteiger partial charge in [-0.25, -0.2) is 4.79 Å². The number of carbonyl (C=O) groups excluding carboxylic acids is 1. The Morgan fingerprint density at radius 3 is 2.36 bits per heavy atom. The number of hydrogen-bond donors (Lipinski definition) is 0. The maximum Gasteiger partial charge on any atom is 0.414 e. The number of anilines is 1. The van der Waals surface area contributed by atoms with E-state index in [1.165, 1.54) is 22.5 Å². The van der Waals surface area contributed by atoms with Crippen LogP contribution in [0, 0.1) is 0 Å². The molecule has 1 aliphatic carbocycles. The molecule has 2 aromatic carbocycles. The summed E-state index contributed by atoms with van der Waals surface area (Å²) in [4.78, 5) is 17.8. The Balaban J connectivity index is 1.57. The topological polar surface area (TPSA) is 77.3 Å². The van der Waals surface area contributed by atoms with E-state index in [4.69, 9.17) is 27.9 Å². The summed E-state index contributed by atoms with van der Waals surface area (Å²) in [5, 5.41) is 15.2. The summed E-state index contributed by atoms with van der Waals surface area (Å²) in [5.41, 5.74) is 8.91. The molecule has 11 heteroatoms. The third-order valence-corrected chi connectivity index (χ3v) is 11.9. The molecule has 0 spiro atoms. The highest BCUT2D eigenvalue weighted by Gasteiger charge is 2.45. The molecule has 55 heavy (non-hydrogen) atoms. The van der Waals surface area contributed by atoms with Crippen LogP contribution in [0.5, 0.6) is 0 Å². The van der Waals surface area contributed by atoms with E-state index in [1.807, 2.05) is 40.0 Å². The SMILES string of the molecule is CCCCC[N+]1=C(C=CC2=C(N(C)C(=O)OC(C)(C)C)C(=CC=C3N(CCCCSOO[O-])c4ccc(Cl)cc4C3(C)C)CC2)C(C)(C)c2cc(Cl)ccc21. The number of carbonyl (C=O) groups is 1. The molecule has 0 saturated carbocycles. The number of benzene rings is 2. The van der Waals surface area contributed by atoms with E-state index in [-0.39, 0.29) is 16.9 Å². The molecule has 2 heterocycles. The molecule has 1 amide bonds. The molecular weight excluding hydrogens is 753 g/mol. The summed E-state index contributed by atoms with van der Waals surface area (Å²) in [6.07, 6.45) is 15.2. The molecule has 0 unspecified atom stereocenters. The van der Waals surface area contributed by atoms with Crippen molar-refractivity contribution in [3.05, 3.63) is 104 Å². The van der Waals surface area contributed by atoms with E-state index in [2.05, 4.69) is 102 Å². The Morgan fingerprint density at radius 2 is 1.67 bits per heavy atom. The Kier molecular flexibility index (Phi) is 14.1. The molecule has 2 aromatic rings. The average Bonchev–Trinajstić information content (AvgIpc) is 3.68. The Labute approximate surface area is 342 Å². The van der Waals surface area contributed by atoms with Gasteiger partial charge in [0, 0.05) is 82.4 Å². The summed E-state index contributed by atoms with van der Waals surface area (Å²) in [6, 6.07) is 12.3. The monoisotopic (exact) mass is 809 g/mol. The third-order valence-electron chi connectivity index (χ3n) is 10.8. The van der Waals surface area contributed by atoms with E-state index in [1.54, 1.807) is 4.90 Å². The fraction of sp³-hybridized carbons (Fsp3) is 0.500. The molecule has 0 radical (unpaired) electrons. The van der Waals surface area contributed by atoms with Gasteiger partial charge in [0.1, 0.15) is 12.1 Å². The summed E-state index contributed by atoms with van der Waals surface area (Å²) < 4.78 is 12.8. The van der Waals surface area contributed by atoms with Crippen LogP contribution in [0.4, 0.5) is 16.2 Å². The number of unbranched alkanes of at least 4 members (excludes halogenated alkanes) is 3. The van der Waals surface area contributed by atoms with Gasteiger partial charge in [-0.05, 0) is 120 Å². The first-order chi connectivity index (χ1) is 26.0. The predicted molar refractivity (Wildman–Crippen MR) is 225 cm³/mol. The van der Waals surface area contributed by atoms with E-state index < -0.39 is 5.60 Å². The molecule has 0 saturated heterocycles. The number of amides is 1. The van der Waals surface area contributed by atoms with Crippen LogP contribution >= 0.6 is 35.2 Å². The molecule has 0 bridgehead atoms. The lowest BCUT2D eigenvalue weighted by molar-refractivity contribution is -0.777. The van der Waals surface area contributed by atoms with Gasteiger partial charge in [-0.15, -0.1) is 0 Å². The predicted octanol–water partition coefficient (Wildman–Crippen LogP) is 11.3. The molecular formula is C44H57Cl2N3O5S. The van der Waals surface area contributed by atoms with Gasteiger partial charge in [0.15, 0.2) is 5.71 Å². The van der Waals surface area contributed by atoms with E-state index >= 15 is 0 Å². The Morgan fingerprint density at radius 1 is 0.964 bits per heavy atom. The quantitative estimate of drug-likeness (QED) is 0.0583. The first-order valence-corrected chi connectivity index (χ1v) is 21.1. The van der Waals surface area contributed by atoms with Gasteiger partial charge in [-0.1, -0.05) is 62.5 Å². The van der Waals surface area contributed by atoms with Crippen LogP contribution in [0.3, 0.4) is 0 Å². The zero-order chi connectivity index (χ0) is 40.1. The summed E-state index contributed by atoms with van der Waals surface area (Å²) in [5.74, 6) is 0.643. The number of hydrogen-bond acceptors (Lipinski definition) is 7. The molecule has 0 aromatic heterocycles. The molecule has 5 rings (SSSR count). The second kappa shape index (κ2) is 18.0. The zero-order valence-electron chi connectivity index (χ0n) is 33.9. The largest absolute Gasteiger partial charge is 0.691 e. The lowest BCUT2D eigenvalue weighted by Gasteiger charge is -2.28. The van der Waals surface area contributed by atoms with Gasteiger partial charge in [-0.3, -0.25) is 9.94 Å². The number of ether oxygens (including phenoxy) is 1. The number of nitrogens with zero attached hydrogens (tertiary/aromatic N) is 3. The smallest absolute Gasteiger partial charge is 0.414 e. The highest BCUT2D eigenvalue weighted by atomic mass is 35.5. The van der Waals surface area contributed by atoms with Crippen LogP contribution in [-0.2, 0) is 24.9 Å². The lowest BCUT2D eigenvalue weighted by atomic mass is 9.81. The maximum atomic E-state index is 13.7. The number of halogens is 2. The van der Waals surface area contributed by atoms with Crippen molar-refractivity contribution in [3.8, 4) is 0 Å². The van der Waals surface area contributed by atoms with Crippen molar-refractivity contribution in [1.29, 1.82) is 0 Å². The van der Waals surface area contributed by atoms with Crippen LogP contribution in [0.25, 0.3) is 0 Å². The van der Waals surface area contributed by atoms with Crippen LogP contribution in [0.2, 0.25) is 10.0 Å². The first-order valence-electron chi connectivity index (χ1n) is 19.4. The third kappa shape index (κ3) is 9.74. The number of allylic oxidation sites excluding steroid dienone is 7. The molecule has 3 aliphatic rings. The molecule has 0 fully saturated rings. The van der Waals surface area contributed by atoms with Gasteiger partial charge >= 0.3 is 6.09 Å². The number of fused-ring (bicyclic) bond motifs is 2. The minimum absolute atomic E-state index is 0.257. The van der Waals surface area contributed by atoms with Gasteiger partial charge in [0.25, 0.3) is 0 Å². The molecule has 8 nitrogen and oxygen atoms in total. The summed E-state index contributed by atoms with van der Waals surface area (Å²) >= 11 is 14.1. The zero-order valence-corrected chi connectivity index (χ0v) is 36.2. The Hall–Kier alpha value is -3.05. The second-order valence-electron chi connectivity index (χ2n) is 16.6. The van der Waals surface area contributed by atoms with E-state index in [0.29, 0.717) is 10.8 Å². The fourth-order valence-electron chi connectivity index (χ4n) is 8.03. The van der Waals surface area contributed by atoms with Gasteiger partial charge in [0.2, 0.25) is 5.69 Å². The van der Waals surface area contributed by atoms with Crippen molar-refractivity contribution in [2.45, 2.75) is 117 Å². The average molecular weight is 811 g/mol. The summed E-state index contributed by atoms with van der Waals surface area (Å²) in [6.45, 7) is 18.6. The standard InChI is InChI=1S/C44H57Cl2N3O5S/c1-10-11-12-25-48-36-21-19-32(45)28-34(36)43(5,6)38(48)23-17-30-15-16-31(40(30)47(9)41(50)52-42(2,3)4)18-24-39-44(7,8)35-29-33(46)20-22-37(35)49(39)26-13-14-27-55-54-53-51/h17-24,28-29H,10-16,25-27H2,1-9H3. The lowest BCUT2D eigenvalue weighted by Crippen LogP contribution is -2.34. The van der Waals surface area contributed by atoms with Gasteiger partial charge in [-0.2, -0.15) is 8.91 Å². The molecule has 0 N–H and O–H groups in total. The van der Waals surface area contributed by atoms with E-state index in [0.717, 1.165) is 103 Å². The van der Waals surface area contributed by atoms with Gasteiger partial charge < -0.3 is 14.9 Å². The Bertz CT molecular complexity index is 1910. The highest BCUT2D eigenvalue weighted by Crippen LogP contribution is 2.49. The van der Waals surface area contributed by atoms with Crippen LogP contribution in [-0.4, -0.2) is 52.8 Å². The van der Waals surface area contributed by atoms with Crippen LogP contribution in [0.1, 0.15) is 111 Å². The maximum absolute atomic E-state index is 13.7. The normalized spacial score (nSPS) is 19.0. The van der Waals surface area contributed by atoms with Crippen molar-refractivity contribution < 1.29 is 28.7 Å². The minimum atomic E-state index is -0.643. The van der Waals surface area contributed by atoms with Crippen LogP contribution < -0.4 is 10.2 Å². The second-order valence-corrected chi connectivity index (χ2v) is 18.3. The van der Waals surface area contributed by atoms with Crippen molar-refractivity contribution >= 4 is 58.4 Å². The molecule has 298 valence electrons. The number of rotatable bonds is 15. The van der Waals surface area contributed by atoms with Crippen molar-refractivity contribution in [1.82, 2.24) is 4.90 Å². The molecule has 2 aliphatic heterocycles. The fourth-order valence-corrected chi connectivity index (χ4v) is 8.80. The van der Waals surface area contributed by atoms with E-state index in [9.17, 15) is 10.1 Å². The molecule has 0 atom stereocenters. The number of likely N-dealkylation sites (N-methyl/N-ethyl adjacent to an activating group) is 1. The summed E-state index contributed by atoms with van der Waals surface area (Å²) in [7, 11) is 1.81.